The van der Waals surface area contributed by atoms with Crippen LogP contribution < -0.4 is 5.32 Å². The van der Waals surface area contributed by atoms with E-state index in [0.717, 1.165) is 32.6 Å². The standard InChI is InChI=1S/C14H29N3O/c1-6-16(7-2)14(18)12(5)15-13-8-9-17(10-13)11(3)4/h11-13,15H,6-10H2,1-5H3. The Hall–Kier alpha value is -0.610. The monoisotopic (exact) mass is 255 g/mol. The van der Waals surface area contributed by atoms with Crippen LogP contribution >= 0.6 is 0 Å². The van der Waals surface area contributed by atoms with Crippen LogP contribution in [0.25, 0.3) is 0 Å². The highest BCUT2D eigenvalue weighted by molar-refractivity contribution is 5.81. The van der Waals surface area contributed by atoms with Gasteiger partial charge in [0.15, 0.2) is 0 Å². The van der Waals surface area contributed by atoms with Gasteiger partial charge < -0.3 is 10.2 Å². The molecule has 106 valence electrons. The molecule has 2 atom stereocenters. The van der Waals surface area contributed by atoms with Crippen molar-refractivity contribution in [2.75, 3.05) is 26.2 Å². The maximum atomic E-state index is 12.2. The molecular weight excluding hydrogens is 226 g/mol. The van der Waals surface area contributed by atoms with Crippen molar-refractivity contribution in [3.8, 4) is 0 Å². The summed E-state index contributed by atoms with van der Waals surface area (Å²) in [5.74, 6) is 0.225. The van der Waals surface area contributed by atoms with Gasteiger partial charge in [0.2, 0.25) is 5.91 Å². The van der Waals surface area contributed by atoms with E-state index < -0.39 is 0 Å². The van der Waals surface area contributed by atoms with Crippen molar-refractivity contribution in [3.63, 3.8) is 0 Å². The van der Waals surface area contributed by atoms with Gasteiger partial charge in [-0.05, 0) is 47.6 Å². The Kier molecular flexibility index (Phi) is 6.09. The Morgan fingerprint density at radius 3 is 2.39 bits per heavy atom. The van der Waals surface area contributed by atoms with E-state index in [0.29, 0.717) is 12.1 Å². The molecule has 0 aromatic rings. The minimum absolute atomic E-state index is 0.0676. The molecule has 1 aliphatic heterocycles. The normalized spacial score (nSPS) is 22.4. The summed E-state index contributed by atoms with van der Waals surface area (Å²) in [7, 11) is 0. The quantitative estimate of drug-likeness (QED) is 0.777. The Balaban J connectivity index is 2.41. The number of nitrogens with zero attached hydrogens (tertiary/aromatic N) is 2. The van der Waals surface area contributed by atoms with E-state index in [1.165, 1.54) is 0 Å². The average Bonchev–Trinajstić information content (AvgIpc) is 2.79. The van der Waals surface area contributed by atoms with Crippen molar-refractivity contribution in [2.24, 2.45) is 0 Å². The fraction of sp³-hybridized carbons (Fsp3) is 0.929. The van der Waals surface area contributed by atoms with Crippen LogP contribution in [0.5, 0.6) is 0 Å². The number of hydrogen-bond donors (Lipinski definition) is 1. The molecule has 0 saturated carbocycles. The highest BCUT2D eigenvalue weighted by atomic mass is 16.2. The van der Waals surface area contributed by atoms with Gasteiger partial charge in [-0.3, -0.25) is 9.69 Å². The van der Waals surface area contributed by atoms with Gasteiger partial charge in [0.05, 0.1) is 6.04 Å². The van der Waals surface area contributed by atoms with Crippen molar-refractivity contribution < 1.29 is 4.79 Å². The second-order valence-corrected chi connectivity index (χ2v) is 5.47. The molecular formula is C14H29N3O. The molecule has 18 heavy (non-hydrogen) atoms. The number of hydrogen-bond acceptors (Lipinski definition) is 3. The lowest BCUT2D eigenvalue weighted by Gasteiger charge is -2.26. The zero-order chi connectivity index (χ0) is 13.7. The van der Waals surface area contributed by atoms with E-state index >= 15 is 0 Å². The molecule has 2 unspecified atom stereocenters. The van der Waals surface area contributed by atoms with Crippen LogP contribution in [0.3, 0.4) is 0 Å². The number of likely N-dealkylation sites (tertiary alicyclic amines) is 1. The van der Waals surface area contributed by atoms with Crippen molar-refractivity contribution in [1.82, 2.24) is 15.1 Å². The second kappa shape index (κ2) is 7.10. The predicted octanol–water partition coefficient (Wildman–Crippen LogP) is 1.32. The predicted molar refractivity (Wildman–Crippen MR) is 75.6 cm³/mol. The maximum Gasteiger partial charge on any atom is 0.239 e. The summed E-state index contributed by atoms with van der Waals surface area (Å²) in [6.07, 6.45) is 1.15. The molecule has 0 radical (unpaired) electrons. The molecule has 1 saturated heterocycles. The number of rotatable bonds is 6. The zero-order valence-corrected chi connectivity index (χ0v) is 12.6. The Labute approximate surface area is 112 Å². The summed E-state index contributed by atoms with van der Waals surface area (Å²) in [6, 6.07) is 0.995. The van der Waals surface area contributed by atoms with Crippen LogP contribution in [0, 0.1) is 0 Å². The molecule has 0 aromatic carbocycles. The largest absolute Gasteiger partial charge is 0.342 e. The van der Waals surface area contributed by atoms with Gasteiger partial charge in [0.1, 0.15) is 0 Å². The molecule has 1 fully saturated rings. The SMILES string of the molecule is CCN(CC)C(=O)C(C)NC1CCN(C(C)C)C1. The van der Waals surface area contributed by atoms with Gasteiger partial charge >= 0.3 is 0 Å². The summed E-state index contributed by atoms with van der Waals surface area (Å²) in [5, 5.41) is 3.48. The smallest absolute Gasteiger partial charge is 0.239 e. The summed E-state index contributed by atoms with van der Waals surface area (Å²) in [4.78, 5) is 16.5. The molecule has 0 spiro atoms. The molecule has 1 N–H and O–H groups in total. The number of amides is 1. The maximum absolute atomic E-state index is 12.2. The lowest BCUT2D eigenvalue weighted by molar-refractivity contribution is -0.132. The van der Waals surface area contributed by atoms with E-state index in [4.69, 9.17) is 0 Å². The van der Waals surface area contributed by atoms with Crippen LogP contribution in [-0.4, -0.2) is 60.0 Å². The number of carbonyl (C=O) groups excluding carboxylic acids is 1. The van der Waals surface area contributed by atoms with E-state index in [2.05, 4.69) is 24.1 Å². The average molecular weight is 255 g/mol. The second-order valence-electron chi connectivity index (χ2n) is 5.47. The van der Waals surface area contributed by atoms with Crippen LogP contribution in [0.1, 0.15) is 41.0 Å². The molecule has 1 rings (SSSR count). The van der Waals surface area contributed by atoms with E-state index in [-0.39, 0.29) is 11.9 Å². The molecule has 1 aliphatic rings. The third kappa shape index (κ3) is 3.95. The first-order chi connectivity index (χ1) is 8.49. The molecule has 1 amide bonds. The van der Waals surface area contributed by atoms with Gasteiger partial charge in [0, 0.05) is 31.7 Å². The lowest BCUT2D eigenvalue weighted by Crippen LogP contribution is -2.49. The number of nitrogens with one attached hydrogen (secondary N) is 1. The highest BCUT2D eigenvalue weighted by Crippen LogP contribution is 2.13. The lowest BCUT2D eigenvalue weighted by atomic mass is 10.2. The van der Waals surface area contributed by atoms with Crippen LogP contribution in [0.15, 0.2) is 0 Å². The van der Waals surface area contributed by atoms with Gasteiger partial charge in [0.25, 0.3) is 0 Å². The molecule has 0 aromatic heterocycles. The molecule has 0 bridgehead atoms. The summed E-state index contributed by atoms with van der Waals surface area (Å²) < 4.78 is 0. The van der Waals surface area contributed by atoms with Crippen molar-refractivity contribution in [2.45, 2.75) is 59.2 Å². The van der Waals surface area contributed by atoms with Crippen molar-refractivity contribution in [3.05, 3.63) is 0 Å². The third-order valence-corrected chi connectivity index (χ3v) is 3.88. The minimum atomic E-state index is -0.0676. The summed E-state index contributed by atoms with van der Waals surface area (Å²) >= 11 is 0. The third-order valence-electron chi connectivity index (χ3n) is 3.88. The molecule has 0 aliphatic carbocycles. The first kappa shape index (κ1) is 15.4. The summed E-state index contributed by atoms with van der Waals surface area (Å²) in [5.41, 5.74) is 0. The van der Waals surface area contributed by atoms with Crippen LogP contribution in [0.4, 0.5) is 0 Å². The molecule has 4 heteroatoms. The van der Waals surface area contributed by atoms with Gasteiger partial charge in [-0.15, -0.1) is 0 Å². The first-order valence-corrected chi connectivity index (χ1v) is 7.28. The van der Waals surface area contributed by atoms with E-state index in [1.807, 2.05) is 25.7 Å². The number of carbonyl (C=O) groups is 1. The Bertz CT molecular complexity index is 264. The van der Waals surface area contributed by atoms with Crippen LogP contribution in [-0.2, 0) is 4.79 Å². The topological polar surface area (TPSA) is 35.6 Å². The van der Waals surface area contributed by atoms with Crippen molar-refractivity contribution >= 4 is 5.91 Å². The number of likely N-dealkylation sites (N-methyl/N-ethyl adjacent to an activating group) is 1. The fourth-order valence-corrected chi connectivity index (χ4v) is 2.63. The van der Waals surface area contributed by atoms with E-state index in [1.54, 1.807) is 0 Å². The summed E-state index contributed by atoms with van der Waals surface area (Å²) in [6.45, 7) is 14.3. The Morgan fingerprint density at radius 2 is 1.94 bits per heavy atom. The highest BCUT2D eigenvalue weighted by Gasteiger charge is 2.27. The minimum Gasteiger partial charge on any atom is -0.342 e. The van der Waals surface area contributed by atoms with Crippen LogP contribution in [0.2, 0.25) is 0 Å². The molecule has 4 nitrogen and oxygen atoms in total. The Morgan fingerprint density at radius 1 is 1.33 bits per heavy atom. The van der Waals surface area contributed by atoms with Crippen molar-refractivity contribution in [1.29, 1.82) is 0 Å². The molecule has 1 heterocycles. The van der Waals surface area contributed by atoms with Gasteiger partial charge in [-0.2, -0.15) is 0 Å². The van der Waals surface area contributed by atoms with Gasteiger partial charge in [-0.25, -0.2) is 0 Å². The zero-order valence-electron chi connectivity index (χ0n) is 12.6. The van der Waals surface area contributed by atoms with E-state index in [9.17, 15) is 4.79 Å². The fourth-order valence-electron chi connectivity index (χ4n) is 2.63. The van der Waals surface area contributed by atoms with Gasteiger partial charge in [-0.1, -0.05) is 0 Å². The first-order valence-electron chi connectivity index (χ1n) is 7.28.